The van der Waals surface area contributed by atoms with Gasteiger partial charge in [-0.15, -0.1) is 28.1 Å². The zero-order valence-corrected chi connectivity index (χ0v) is 18.4. The van der Waals surface area contributed by atoms with Crippen LogP contribution in [0.25, 0.3) is 21.7 Å². The minimum atomic E-state index is -0.0188. The quantitative estimate of drug-likeness (QED) is 0.258. The van der Waals surface area contributed by atoms with Crippen molar-refractivity contribution in [2.24, 2.45) is 0 Å². The Bertz CT molecular complexity index is 1300. The summed E-state index contributed by atoms with van der Waals surface area (Å²) in [6.07, 6.45) is 7.36. The third-order valence-corrected chi connectivity index (χ3v) is 7.70. The lowest BCUT2D eigenvalue weighted by Crippen LogP contribution is -2.22. The second kappa shape index (κ2) is 7.92. The number of thioether (sulfide) groups is 1. The van der Waals surface area contributed by atoms with E-state index >= 15 is 0 Å². The highest BCUT2D eigenvalue weighted by Crippen LogP contribution is 2.36. The maximum atomic E-state index is 13.8. The van der Waals surface area contributed by atoms with E-state index in [1.54, 1.807) is 34.8 Å². The van der Waals surface area contributed by atoms with Gasteiger partial charge in [-0.1, -0.05) is 24.3 Å². The van der Waals surface area contributed by atoms with E-state index in [2.05, 4.69) is 21.2 Å². The second-order valence-corrected chi connectivity index (χ2v) is 9.37. The topological polar surface area (TPSA) is 61.4 Å². The Balaban J connectivity index is 1.86. The Labute approximate surface area is 182 Å². The van der Waals surface area contributed by atoms with Gasteiger partial charge in [-0.25, -0.2) is 8.97 Å². The van der Waals surface area contributed by atoms with Crippen molar-refractivity contribution < 1.29 is 4.74 Å². The third kappa shape index (κ3) is 3.06. The van der Waals surface area contributed by atoms with Crippen LogP contribution in [0.3, 0.4) is 0 Å². The molecule has 1 aliphatic rings. The van der Waals surface area contributed by atoms with Crippen molar-refractivity contribution in [1.82, 2.24) is 19.2 Å². The van der Waals surface area contributed by atoms with Gasteiger partial charge in [-0.05, 0) is 55.5 Å². The van der Waals surface area contributed by atoms with Crippen molar-refractivity contribution in [2.75, 3.05) is 12.9 Å². The Hall–Kier alpha value is -2.58. The predicted octanol–water partition coefficient (Wildman–Crippen LogP) is 4.65. The lowest BCUT2D eigenvalue weighted by molar-refractivity contribution is 0.414. The normalized spacial score (nSPS) is 14.0. The number of aromatic nitrogens is 4. The molecule has 1 aromatic carbocycles. The summed E-state index contributed by atoms with van der Waals surface area (Å²) in [5.41, 5.74) is 1.96. The first kappa shape index (κ1) is 19.4. The van der Waals surface area contributed by atoms with E-state index in [0.29, 0.717) is 5.78 Å². The first-order chi connectivity index (χ1) is 14.7. The molecule has 3 aromatic heterocycles. The maximum Gasteiger partial charge on any atom is 0.268 e. The standard InChI is InChI=1S/C22H22N4O2S2/c1-3-13-29-22-24-23-21-25(14-9-11-15(28-2)12-10-14)19(27)18-16-7-5-4-6-8-17(16)30-20(18)26(21)22/h3,9-12H,1,4-8,13H2,2H3. The van der Waals surface area contributed by atoms with E-state index in [-0.39, 0.29) is 5.56 Å². The molecule has 5 rings (SSSR count). The van der Waals surface area contributed by atoms with Gasteiger partial charge in [-0.2, -0.15) is 0 Å². The highest BCUT2D eigenvalue weighted by molar-refractivity contribution is 7.99. The number of thiophene rings is 1. The molecule has 0 unspecified atom stereocenters. The van der Waals surface area contributed by atoms with Gasteiger partial charge in [0.2, 0.25) is 5.78 Å². The van der Waals surface area contributed by atoms with Crippen LogP contribution >= 0.6 is 23.1 Å². The highest BCUT2D eigenvalue weighted by Gasteiger charge is 2.24. The Morgan fingerprint density at radius 3 is 2.77 bits per heavy atom. The second-order valence-electron chi connectivity index (χ2n) is 7.30. The maximum absolute atomic E-state index is 13.8. The molecule has 4 aromatic rings. The molecular weight excluding hydrogens is 416 g/mol. The number of ether oxygens (including phenoxy) is 1. The molecule has 0 amide bonds. The summed E-state index contributed by atoms with van der Waals surface area (Å²) in [4.78, 5) is 16.1. The zero-order chi connectivity index (χ0) is 20.7. The van der Waals surface area contributed by atoms with E-state index in [9.17, 15) is 4.79 Å². The van der Waals surface area contributed by atoms with E-state index in [1.165, 1.54) is 23.3 Å². The number of fused-ring (bicyclic) bond motifs is 5. The average molecular weight is 439 g/mol. The molecule has 0 saturated heterocycles. The Morgan fingerprint density at radius 2 is 2.00 bits per heavy atom. The number of aryl methyl sites for hydroxylation is 2. The number of benzene rings is 1. The molecule has 8 heteroatoms. The van der Waals surface area contributed by atoms with E-state index in [1.807, 2.05) is 30.3 Å². The molecule has 0 saturated carbocycles. The van der Waals surface area contributed by atoms with Crippen LogP contribution < -0.4 is 10.3 Å². The lowest BCUT2D eigenvalue weighted by Gasteiger charge is -2.10. The minimum absolute atomic E-state index is 0.0188. The molecule has 0 fully saturated rings. The predicted molar refractivity (Wildman–Crippen MR) is 123 cm³/mol. The molecule has 30 heavy (non-hydrogen) atoms. The average Bonchev–Trinajstić information content (AvgIpc) is 3.26. The molecule has 0 radical (unpaired) electrons. The first-order valence-electron chi connectivity index (χ1n) is 10.1. The number of rotatable bonds is 5. The van der Waals surface area contributed by atoms with Crippen LogP contribution in [-0.2, 0) is 12.8 Å². The third-order valence-electron chi connectivity index (χ3n) is 5.50. The summed E-state index contributed by atoms with van der Waals surface area (Å²) < 4.78 is 9.02. The van der Waals surface area contributed by atoms with Crippen LogP contribution in [0.5, 0.6) is 5.75 Å². The van der Waals surface area contributed by atoms with Crippen LogP contribution in [0.1, 0.15) is 29.7 Å². The van der Waals surface area contributed by atoms with E-state index in [0.717, 1.165) is 51.8 Å². The lowest BCUT2D eigenvalue weighted by atomic mass is 10.1. The SMILES string of the molecule is C=CCSc1nnc2n(-c3ccc(OC)cc3)c(=O)c3c4c(sc3n12)CCCCC4. The van der Waals surface area contributed by atoms with Crippen LogP contribution in [-0.4, -0.2) is 32.0 Å². The van der Waals surface area contributed by atoms with Gasteiger partial charge >= 0.3 is 0 Å². The fourth-order valence-electron chi connectivity index (χ4n) is 4.08. The molecule has 1 aliphatic carbocycles. The van der Waals surface area contributed by atoms with Crippen LogP contribution in [0.4, 0.5) is 0 Å². The van der Waals surface area contributed by atoms with Gasteiger partial charge < -0.3 is 4.74 Å². The van der Waals surface area contributed by atoms with Gasteiger partial charge in [0.05, 0.1) is 18.2 Å². The monoisotopic (exact) mass is 438 g/mol. The smallest absolute Gasteiger partial charge is 0.268 e. The molecular formula is C22H22N4O2S2. The van der Waals surface area contributed by atoms with Crippen molar-refractivity contribution >= 4 is 39.1 Å². The minimum Gasteiger partial charge on any atom is -0.497 e. The number of hydrogen-bond acceptors (Lipinski definition) is 6. The molecule has 0 atom stereocenters. The first-order valence-corrected chi connectivity index (χ1v) is 11.9. The van der Waals surface area contributed by atoms with E-state index < -0.39 is 0 Å². The summed E-state index contributed by atoms with van der Waals surface area (Å²) >= 11 is 3.31. The zero-order valence-electron chi connectivity index (χ0n) is 16.8. The van der Waals surface area contributed by atoms with Crippen molar-refractivity contribution in [3.05, 3.63) is 57.7 Å². The molecule has 0 bridgehead atoms. The summed E-state index contributed by atoms with van der Waals surface area (Å²) in [6, 6.07) is 7.51. The van der Waals surface area contributed by atoms with Gasteiger partial charge in [-0.3, -0.25) is 4.79 Å². The highest BCUT2D eigenvalue weighted by atomic mass is 32.2. The largest absolute Gasteiger partial charge is 0.497 e. The van der Waals surface area contributed by atoms with Gasteiger partial charge in [0.15, 0.2) is 5.16 Å². The van der Waals surface area contributed by atoms with Crippen molar-refractivity contribution in [3.63, 3.8) is 0 Å². The molecule has 6 nitrogen and oxygen atoms in total. The summed E-state index contributed by atoms with van der Waals surface area (Å²) in [6.45, 7) is 3.82. The number of hydrogen-bond donors (Lipinski definition) is 0. The number of nitrogens with zero attached hydrogens (tertiary/aromatic N) is 4. The Kier molecular flexibility index (Phi) is 5.12. The molecule has 154 valence electrons. The summed E-state index contributed by atoms with van der Waals surface area (Å²) in [7, 11) is 1.63. The summed E-state index contributed by atoms with van der Waals surface area (Å²) in [5, 5.41) is 10.4. The van der Waals surface area contributed by atoms with Crippen molar-refractivity contribution in [2.45, 2.75) is 37.3 Å². The van der Waals surface area contributed by atoms with Crippen molar-refractivity contribution in [1.29, 1.82) is 0 Å². The van der Waals surface area contributed by atoms with Crippen LogP contribution in [0, 0.1) is 0 Å². The summed E-state index contributed by atoms with van der Waals surface area (Å²) in [5.74, 6) is 2.02. The van der Waals surface area contributed by atoms with Crippen molar-refractivity contribution in [3.8, 4) is 11.4 Å². The molecule has 3 heterocycles. The van der Waals surface area contributed by atoms with Crippen LogP contribution in [0.2, 0.25) is 0 Å². The Morgan fingerprint density at radius 1 is 1.20 bits per heavy atom. The fraction of sp³-hybridized carbons (Fsp3) is 0.318. The van der Waals surface area contributed by atoms with Crippen LogP contribution in [0.15, 0.2) is 46.9 Å². The van der Waals surface area contributed by atoms with Gasteiger partial charge in [0, 0.05) is 10.6 Å². The molecule has 0 spiro atoms. The fourth-order valence-corrected chi connectivity index (χ4v) is 6.19. The van der Waals surface area contributed by atoms with E-state index in [4.69, 9.17) is 4.74 Å². The molecule has 0 aliphatic heterocycles. The molecule has 0 N–H and O–H groups in total. The van der Waals surface area contributed by atoms with Gasteiger partial charge in [0.1, 0.15) is 10.6 Å². The van der Waals surface area contributed by atoms with Gasteiger partial charge in [0.25, 0.3) is 5.56 Å². The number of methoxy groups -OCH3 is 1.